The zero-order valence-electron chi connectivity index (χ0n) is 9.20. The van der Waals surface area contributed by atoms with Crippen molar-refractivity contribution in [3.8, 4) is 6.07 Å². The molecule has 0 radical (unpaired) electrons. The van der Waals surface area contributed by atoms with Crippen molar-refractivity contribution in [3.63, 3.8) is 0 Å². The highest BCUT2D eigenvalue weighted by molar-refractivity contribution is 5.31. The molecule has 0 N–H and O–H groups in total. The first-order valence-electron chi connectivity index (χ1n) is 4.84. The fraction of sp³-hybridized carbons (Fsp3) is 0.500. The standard InChI is InChI=1S/C12H16N2/c1-9(2)10-5-11(7-14-6-10)12(3,4)8-13/h5-7,9H,1-4H3. The van der Waals surface area contributed by atoms with Crippen LogP contribution < -0.4 is 0 Å². The molecule has 1 rings (SSSR count). The van der Waals surface area contributed by atoms with Gasteiger partial charge < -0.3 is 0 Å². The summed E-state index contributed by atoms with van der Waals surface area (Å²) >= 11 is 0. The third-order valence-electron chi connectivity index (χ3n) is 2.43. The van der Waals surface area contributed by atoms with Gasteiger partial charge in [0, 0.05) is 12.4 Å². The Morgan fingerprint density at radius 3 is 2.50 bits per heavy atom. The lowest BCUT2D eigenvalue weighted by Gasteiger charge is -2.16. The largest absolute Gasteiger partial charge is 0.264 e. The molecule has 2 heteroatoms. The Morgan fingerprint density at radius 2 is 2.00 bits per heavy atom. The summed E-state index contributed by atoms with van der Waals surface area (Å²) in [4.78, 5) is 4.17. The van der Waals surface area contributed by atoms with E-state index in [1.807, 2.05) is 20.0 Å². The van der Waals surface area contributed by atoms with Crippen LogP contribution in [0, 0.1) is 11.3 Å². The van der Waals surface area contributed by atoms with Crippen molar-refractivity contribution in [3.05, 3.63) is 29.6 Å². The van der Waals surface area contributed by atoms with Gasteiger partial charge >= 0.3 is 0 Å². The molecule has 14 heavy (non-hydrogen) atoms. The lowest BCUT2D eigenvalue weighted by molar-refractivity contribution is 0.678. The van der Waals surface area contributed by atoms with Crippen molar-refractivity contribution in [2.24, 2.45) is 0 Å². The van der Waals surface area contributed by atoms with Gasteiger partial charge in [0.2, 0.25) is 0 Å². The summed E-state index contributed by atoms with van der Waals surface area (Å²) in [7, 11) is 0. The van der Waals surface area contributed by atoms with Crippen LogP contribution in [0.1, 0.15) is 44.7 Å². The van der Waals surface area contributed by atoms with Crippen LogP contribution in [0.4, 0.5) is 0 Å². The zero-order chi connectivity index (χ0) is 10.8. The molecule has 0 spiro atoms. The van der Waals surface area contributed by atoms with Crippen LogP contribution in [0.3, 0.4) is 0 Å². The van der Waals surface area contributed by atoms with E-state index in [4.69, 9.17) is 5.26 Å². The van der Waals surface area contributed by atoms with Gasteiger partial charge in [-0.2, -0.15) is 5.26 Å². The molecule has 1 aromatic heterocycles. The first kappa shape index (κ1) is 10.7. The number of rotatable bonds is 2. The fourth-order valence-electron chi connectivity index (χ4n) is 1.18. The summed E-state index contributed by atoms with van der Waals surface area (Å²) < 4.78 is 0. The van der Waals surface area contributed by atoms with Crippen LogP contribution in [-0.2, 0) is 5.41 Å². The normalized spacial score (nSPS) is 11.4. The second kappa shape index (κ2) is 3.79. The van der Waals surface area contributed by atoms with Gasteiger partial charge in [0.1, 0.15) is 0 Å². The SMILES string of the molecule is CC(C)c1cncc(C(C)(C)C#N)c1. The predicted molar refractivity (Wildman–Crippen MR) is 57.0 cm³/mol. The molecule has 0 fully saturated rings. The minimum atomic E-state index is -0.447. The van der Waals surface area contributed by atoms with Crippen LogP contribution in [0.15, 0.2) is 18.5 Å². The molecule has 0 aliphatic rings. The average Bonchev–Trinajstić information content (AvgIpc) is 2.18. The van der Waals surface area contributed by atoms with Crippen molar-refractivity contribution in [2.45, 2.75) is 39.0 Å². The molecule has 0 saturated heterocycles. The summed E-state index contributed by atoms with van der Waals surface area (Å²) in [6.45, 7) is 8.07. The molecule has 1 aromatic rings. The minimum Gasteiger partial charge on any atom is -0.264 e. The van der Waals surface area contributed by atoms with Crippen LogP contribution in [-0.4, -0.2) is 4.98 Å². The van der Waals surface area contributed by atoms with Crippen molar-refractivity contribution >= 4 is 0 Å². The maximum atomic E-state index is 9.00. The van der Waals surface area contributed by atoms with E-state index < -0.39 is 5.41 Å². The van der Waals surface area contributed by atoms with E-state index in [9.17, 15) is 0 Å². The molecule has 0 aliphatic heterocycles. The van der Waals surface area contributed by atoms with Gasteiger partial charge in [0.25, 0.3) is 0 Å². The maximum Gasteiger partial charge on any atom is 0.0781 e. The second-order valence-corrected chi connectivity index (χ2v) is 4.40. The third kappa shape index (κ3) is 2.11. The van der Waals surface area contributed by atoms with E-state index >= 15 is 0 Å². The molecule has 1 heterocycles. The second-order valence-electron chi connectivity index (χ2n) is 4.40. The number of hydrogen-bond donors (Lipinski definition) is 0. The molecule has 0 atom stereocenters. The summed E-state index contributed by atoms with van der Waals surface area (Å²) in [6, 6.07) is 4.35. The minimum absolute atomic E-state index is 0.447. The first-order valence-corrected chi connectivity index (χ1v) is 4.84. The number of nitriles is 1. The quantitative estimate of drug-likeness (QED) is 0.715. The maximum absolute atomic E-state index is 9.00. The number of nitrogens with zero attached hydrogens (tertiary/aromatic N) is 2. The summed E-state index contributed by atoms with van der Waals surface area (Å²) in [5.74, 6) is 0.456. The van der Waals surface area contributed by atoms with Gasteiger partial charge in [-0.15, -0.1) is 0 Å². The molecule has 0 saturated carbocycles. The molecule has 2 nitrogen and oxygen atoms in total. The Hall–Kier alpha value is -1.36. The van der Waals surface area contributed by atoms with Crippen LogP contribution in [0.25, 0.3) is 0 Å². The number of hydrogen-bond acceptors (Lipinski definition) is 2. The van der Waals surface area contributed by atoms with E-state index in [2.05, 4.69) is 31.0 Å². The Morgan fingerprint density at radius 1 is 1.36 bits per heavy atom. The van der Waals surface area contributed by atoms with Crippen molar-refractivity contribution < 1.29 is 0 Å². The molecular formula is C12H16N2. The predicted octanol–water partition coefficient (Wildman–Crippen LogP) is 3.01. The van der Waals surface area contributed by atoms with Gasteiger partial charge in [-0.3, -0.25) is 4.98 Å². The molecular weight excluding hydrogens is 172 g/mol. The van der Waals surface area contributed by atoms with Crippen LogP contribution in [0.5, 0.6) is 0 Å². The van der Waals surface area contributed by atoms with Gasteiger partial charge in [0.05, 0.1) is 11.5 Å². The number of aromatic nitrogens is 1. The smallest absolute Gasteiger partial charge is 0.0781 e. The Bertz CT molecular complexity index is 359. The topological polar surface area (TPSA) is 36.7 Å². The van der Waals surface area contributed by atoms with E-state index in [-0.39, 0.29) is 0 Å². The highest BCUT2D eigenvalue weighted by Crippen LogP contribution is 2.24. The summed E-state index contributed by atoms with van der Waals surface area (Å²) in [5.41, 5.74) is 1.73. The van der Waals surface area contributed by atoms with Gasteiger partial charge in [0.15, 0.2) is 0 Å². The van der Waals surface area contributed by atoms with Gasteiger partial charge in [-0.05, 0) is 30.9 Å². The Kier molecular flexibility index (Phi) is 2.90. The highest BCUT2D eigenvalue weighted by atomic mass is 14.6. The molecule has 0 aliphatic carbocycles. The lowest BCUT2D eigenvalue weighted by atomic mass is 9.86. The van der Waals surface area contributed by atoms with Crippen LogP contribution >= 0.6 is 0 Å². The van der Waals surface area contributed by atoms with Crippen LogP contribution in [0.2, 0.25) is 0 Å². The molecule has 0 amide bonds. The molecule has 0 aromatic carbocycles. The summed E-state index contributed by atoms with van der Waals surface area (Å²) in [6.07, 6.45) is 3.64. The highest BCUT2D eigenvalue weighted by Gasteiger charge is 2.20. The molecule has 74 valence electrons. The van der Waals surface area contributed by atoms with Crippen molar-refractivity contribution in [2.75, 3.05) is 0 Å². The first-order chi connectivity index (χ1) is 6.47. The number of pyridine rings is 1. The molecule has 0 bridgehead atoms. The summed E-state index contributed by atoms with van der Waals surface area (Å²) in [5, 5.41) is 9.00. The molecule has 0 unspecified atom stereocenters. The Balaban J connectivity index is 3.14. The van der Waals surface area contributed by atoms with E-state index in [0.29, 0.717) is 5.92 Å². The van der Waals surface area contributed by atoms with E-state index in [1.165, 1.54) is 5.56 Å². The van der Waals surface area contributed by atoms with E-state index in [1.54, 1.807) is 6.20 Å². The lowest BCUT2D eigenvalue weighted by Crippen LogP contribution is -2.14. The Labute approximate surface area is 85.6 Å². The monoisotopic (exact) mass is 188 g/mol. The van der Waals surface area contributed by atoms with Crippen molar-refractivity contribution in [1.82, 2.24) is 4.98 Å². The van der Waals surface area contributed by atoms with Crippen molar-refractivity contribution in [1.29, 1.82) is 5.26 Å². The third-order valence-corrected chi connectivity index (χ3v) is 2.43. The zero-order valence-corrected chi connectivity index (χ0v) is 9.20. The van der Waals surface area contributed by atoms with Gasteiger partial charge in [-0.25, -0.2) is 0 Å². The average molecular weight is 188 g/mol. The van der Waals surface area contributed by atoms with E-state index in [0.717, 1.165) is 5.56 Å². The fourth-order valence-corrected chi connectivity index (χ4v) is 1.18. The van der Waals surface area contributed by atoms with Gasteiger partial charge in [-0.1, -0.05) is 19.9 Å².